The van der Waals surface area contributed by atoms with Gasteiger partial charge in [0.05, 0.1) is 4.75 Å². The summed E-state index contributed by atoms with van der Waals surface area (Å²) in [5, 5.41) is 0. The summed E-state index contributed by atoms with van der Waals surface area (Å²) in [5.41, 5.74) is 0.643. The summed E-state index contributed by atoms with van der Waals surface area (Å²) in [6.07, 6.45) is 0.752. The summed E-state index contributed by atoms with van der Waals surface area (Å²) in [6, 6.07) is 0. The molecule has 2 aliphatic heterocycles. The molecule has 1 amide bonds. The summed E-state index contributed by atoms with van der Waals surface area (Å²) < 4.78 is 4.78. The van der Waals surface area contributed by atoms with Crippen LogP contribution in [0.4, 0.5) is 0 Å². The SMILES string of the molecule is CC1OC(=O)C2=C(C[C@@](C)(C#CC(C)(C)C)S2)N1C=O. The van der Waals surface area contributed by atoms with Crippen molar-refractivity contribution in [2.45, 2.75) is 52.0 Å². The van der Waals surface area contributed by atoms with Crippen LogP contribution in [0.1, 0.15) is 41.0 Å². The van der Waals surface area contributed by atoms with E-state index in [2.05, 4.69) is 11.8 Å². The number of esters is 1. The second kappa shape index (κ2) is 4.85. The fraction of sp³-hybridized carbons (Fsp3) is 0.600. The molecule has 4 nitrogen and oxygen atoms in total. The third-order valence-corrected chi connectivity index (χ3v) is 4.38. The first-order valence-corrected chi connectivity index (χ1v) is 7.38. The molecule has 0 spiro atoms. The Kier molecular flexibility index (Phi) is 3.64. The van der Waals surface area contributed by atoms with Crippen LogP contribution in [0, 0.1) is 17.3 Å². The van der Waals surface area contributed by atoms with Crippen molar-refractivity contribution in [3.05, 3.63) is 10.6 Å². The van der Waals surface area contributed by atoms with Crippen LogP contribution >= 0.6 is 11.8 Å². The first-order valence-electron chi connectivity index (χ1n) is 6.56. The number of cyclic esters (lactones) is 1. The van der Waals surface area contributed by atoms with Gasteiger partial charge in [-0.3, -0.25) is 9.69 Å². The zero-order valence-electron chi connectivity index (χ0n) is 12.4. The van der Waals surface area contributed by atoms with Crippen molar-refractivity contribution in [3.8, 4) is 11.8 Å². The van der Waals surface area contributed by atoms with Gasteiger partial charge in [-0.2, -0.15) is 0 Å². The lowest BCUT2D eigenvalue weighted by atomic mass is 9.95. The molecule has 0 N–H and O–H groups in total. The first kappa shape index (κ1) is 15.0. The van der Waals surface area contributed by atoms with Crippen molar-refractivity contribution in [1.82, 2.24) is 4.90 Å². The Morgan fingerprint density at radius 1 is 1.50 bits per heavy atom. The maximum Gasteiger partial charge on any atom is 0.348 e. The minimum absolute atomic E-state index is 0.0924. The number of nitrogens with zero attached hydrogens (tertiary/aromatic N) is 1. The van der Waals surface area contributed by atoms with Gasteiger partial charge in [-0.1, -0.05) is 23.6 Å². The lowest BCUT2D eigenvalue weighted by molar-refractivity contribution is -0.155. The molecule has 0 aliphatic carbocycles. The first-order chi connectivity index (χ1) is 9.15. The Bertz CT molecular complexity index is 550. The number of carbonyl (C=O) groups excluding carboxylic acids is 2. The van der Waals surface area contributed by atoms with Gasteiger partial charge in [0.25, 0.3) is 0 Å². The van der Waals surface area contributed by atoms with E-state index in [4.69, 9.17) is 4.74 Å². The molecule has 2 atom stereocenters. The lowest BCUT2D eigenvalue weighted by Gasteiger charge is -2.30. The fourth-order valence-electron chi connectivity index (χ4n) is 2.11. The van der Waals surface area contributed by atoms with Crippen molar-refractivity contribution in [2.75, 3.05) is 0 Å². The van der Waals surface area contributed by atoms with E-state index in [1.807, 2.05) is 27.7 Å². The van der Waals surface area contributed by atoms with Crippen LogP contribution in [0.5, 0.6) is 0 Å². The number of rotatable bonds is 1. The third kappa shape index (κ3) is 2.85. The van der Waals surface area contributed by atoms with Crippen molar-refractivity contribution in [2.24, 2.45) is 5.41 Å². The van der Waals surface area contributed by atoms with Crippen molar-refractivity contribution in [3.63, 3.8) is 0 Å². The predicted octanol–water partition coefficient (Wildman–Crippen LogP) is 2.50. The van der Waals surface area contributed by atoms with E-state index in [-0.39, 0.29) is 16.1 Å². The monoisotopic (exact) mass is 293 g/mol. The van der Waals surface area contributed by atoms with E-state index in [0.29, 0.717) is 11.3 Å². The number of amides is 1. The molecule has 108 valence electrons. The second-order valence-corrected chi connectivity index (χ2v) is 7.82. The summed E-state index contributed by atoms with van der Waals surface area (Å²) >= 11 is 1.40. The molecule has 2 aliphatic rings. The molecule has 0 bridgehead atoms. The van der Waals surface area contributed by atoms with E-state index in [0.717, 1.165) is 12.1 Å². The van der Waals surface area contributed by atoms with Gasteiger partial charge in [0.15, 0.2) is 6.23 Å². The minimum atomic E-state index is -0.544. The zero-order chi connectivity index (χ0) is 15.1. The topological polar surface area (TPSA) is 46.6 Å². The molecular formula is C15H19NO3S. The van der Waals surface area contributed by atoms with E-state index in [1.54, 1.807) is 6.92 Å². The standard InChI is InChI=1S/C15H19NO3S/c1-10-16(9-17)11-8-15(5,7-6-14(2,3)4)20-12(11)13(18)19-10/h9-10H,8H2,1-5H3/t10?,15-/m1/s1. The molecule has 5 heteroatoms. The molecule has 0 saturated carbocycles. The van der Waals surface area contributed by atoms with Gasteiger partial charge in [0, 0.05) is 17.5 Å². The molecule has 0 fully saturated rings. The smallest absolute Gasteiger partial charge is 0.348 e. The van der Waals surface area contributed by atoms with E-state index in [1.165, 1.54) is 16.7 Å². The normalized spacial score (nSPS) is 29.6. The number of allylic oxidation sites excluding steroid dienone is 1. The average Bonchev–Trinajstić information content (AvgIpc) is 2.66. The molecule has 0 radical (unpaired) electrons. The largest absolute Gasteiger partial charge is 0.437 e. The van der Waals surface area contributed by atoms with Crippen molar-refractivity contribution >= 4 is 24.1 Å². The van der Waals surface area contributed by atoms with Crippen LogP contribution in [-0.2, 0) is 14.3 Å². The van der Waals surface area contributed by atoms with Gasteiger partial charge in [-0.25, -0.2) is 4.79 Å². The zero-order valence-corrected chi connectivity index (χ0v) is 13.3. The summed E-state index contributed by atoms with van der Waals surface area (Å²) in [6.45, 7) is 9.83. The highest BCUT2D eigenvalue weighted by Gasteiger charge is 2.44. The number of hydrogen-bond donors (Lipinski definition) is 0. The molecule has 0 aromatic heterocycles. The van der Waals surface area contributed by atoms with Gasteiger partial charge in [0.1, 0.15) is 4.91 Å². The van der Waals surface area contributed by atoms with Gasteiger partial charge in [-0.05, 0) is 34.6 Å². The third-order valence-electron chi connectivity index (χ3n) is 3.08. The Labute approximate surface area is 123 Å². The van der Waals surface area contributed by atoms with E-state index >= 15 is 0 Å². The highest BCUT2D eigenvalue weighted by Crippen LogP contribution is 2.49. The summed E-state index contributed by atoms with van der Waals surface area (Å²) in [4.78, 5) is 25.1. The quantitative estimate of drug-likeness (QED) is 0.423. The molecule has 0 aromatic rings. The van der Waals surface area contributed by atoms with Gasteiger partial charge < -0.3 is 4.74 Å². The molecule has 2 rings (SSSR count). The number of hydrogen-bond acceptors (Lipinski definition) is 4. The van der Waals surface area contributed by atoms with Crippen molar-refractivity contribution < 1.29 is 14.3 Å². The molecule has 0 saturated heterocycles. The number of thioether (sulfide) groups is 1. The van der Waals surface area contributed by atoms with Crippen LogP contribution in [0.2, 0.25) is 0 Å². The molecule has 2 heterocycles. The maximum atomic E-state index is 11.9. The number of carbonyl (C=O) groups is 2. The van der Waals surface area contributed by atoms with Crippen LogP contribution in [-0.4, -0.2) is 28.3 Å². The molecule has 20 heavy (non-hydrogen) atoms. The second-order valence-electron chi connectivity index (χ2n) is 6.30. The van der Waals surface area contributed by atoms with E-state index < -0.39 is 6.23 Å². The van der Waals surface area contributed by atoms with Crippen LogP contribution in [0.3, 0.4) is 0 Å². The van der Waals surface area contributed by atoms with Crippen molar-refractivity contribution in [1.29, 1.82) is 0 Å². The van der Waals surface area contributed by atoms with E-state index in [9.17, 15) is 9.59 Å². The lowest BCUT2D eigenvalue weighted by Crippen LogP contribution is -2.39. The maximum absolute atomic E-state index is 11.9. The fourth-order valence-corrected chi connectivity index (χ4v) is 3.30. The van der Waals surface area contributed by atoms with Crippen LogP contribution in [0.15, 0.2) is 10.6 Å². The van der Waals surface area contributed by atoms with Gasteiger partial charge in [-0.15, -0.1) is 0 Å². The highest BCUT2D eigenvalue weighted by molar-refractivity contribution is 8.05. The molecular weight excluding hydrogens is 274 g/mol. The van der Waals surface area contributed by atoms with Crippen LogP contribution < -0.4 is 0 Å². The van der Waals surface area contributed by atoms with Crippen LogP contribution in [0.25, 0.3) is 0 Å². The number of ether oxygens (including phenoxy) is 1. The molecule has 1 unspecified atom stereocenters. The highest BCUT2D eigenvalue weighted by atomic mass is 32.2. The Hall–Kier alpha value is -1.41. The predicted molar refractivity (Wildman–Crippen MR) is 78.3 cm³/mol. The Morgan fingerprint density at radius 2 is 2.15 bits per heavy atom. The molecule has 0 aromatic carbocycles. The Morgan fingerprint density at radius 3 is 2.70 bits per heavy atom. The van der Waals surface area contributed by atoms with Gasteiger partial charge >= 0.3 is 5.97 Å². The minimum Gasteiger partial charge on any atom is -0.437 e. The Balaban J connectivity index is 2.31. The average molecular weight is 293 g/mol. The summed E-state index contributed by atoms with van der Waals surface area (Å²) in [5.74, 6) is 6.12. The van der Waals surface area contributed by atoms with Gasteiger partial charge in [0.2, 0.25) is 6.41 Å². The summed E-state index contributed by atoms with van der Waals surface area (Å²) in [7, 11) is 0.